The van der Waals surface area contributed by atoms with Gasteiger partial charge in [0, 0.05) is 18.7 Å². The minimum Gasteiger partial charge on any atom is -0.389 e. The lowest BCUT2D eigenvalue weighted by molar-refractivity contribution is 0.328. The van der Waals surface area contributed by atoms with E-state index in [1.807, 2.05) is 11.9 Å². The second kappa shape index (κ2) is 5.75. The number of rotatable bonds is 3. The van der Waals surface area contributed by atoms with Crippen molar-refractivity contribution in [3.8, 4) is 0 Å². The topological polar surface area (TPSA) is 29.3 Å². The quantitative estimate of drug-likeness (QED) is 0.835. The maximum atomic E-state index is 14.4. The lowest BCUT2D eigenvalue weighted by atomic mass is 9.87. The molecule has 5 heteroatoms. The average molecular weight is 347 g/mol. The summed E-state index contributed by atoms with van der Waals surface area (Å²) in [5.74, 6) is -0.330. The van der Waals surface area contributed by atoms with E-state index in [9.17, 15) is 4.39 Å². The van der Waals surface area contributed by atoms with Gasteiger partial charge in [-0.05, 0) is 40.4 Å². The maximum Gasteiger partial charge on any atom is 0.161 e. The number of halogens is 2. The molecule has 0 aliphatic heterocycles. The summed E-state index contributed by atoms with van der Waals surface area (Å²) < 4.78 is 14.7. The van der Waals surface area contributed by atoms with Crippen LogP contribution in [0.4, 0.5) is 10.1 Å². The van der Waals surface area contributed by atoms with Crippen LogP contribution in [0.25, 0.3) is 0 Å². The van der Waals surface area contributed by atoms with Crippen LogP contribution in [-0.2, 0) is 0 Å². The van der Waals surface area contributed by atoms with Gasteiger partial charge in [-0.15, -0.1) is 0 Å². The van der Waals surface area contributed by atoms with Gasteiger partial charge in [0.25, 0.3) is 0 Å². The van der Waals surface area contributed by atoms with Crippen LogP contribution in [0.15, 0.2) is 16.6 Å². The van der Waals surface area contributed by atoms with Crippen LogP contribution in [-0.4, -0.2) is 18.1 Å². The van der Waals surface area contributed by atoms with E-state index in [-0.39, 0.29) is 22.3 Å². The summed E-state index contributed by atoms with van der Waals surface area (Å²) in [6.07, 6.45) is 0. The van der Waals surface area contributed by atoms with Crippen LogP contribution in [0.2, 0.25) is 0 Å². The number of hydrogen-bond donors (Lipinski definition) is 1. The predicted molar refractivity (Wildman–Crippen MR) is 87.3 cm³/mol. The minimum absolute atomic E-state index is 0.0511. The van der Waals surface area contributed by atoms with Gasteiger partial charge in [-0.2, -0.15) is 0 Å². The maximum absolute atomic E-state index is 14.4. The van der Waals surface area contributed by atoms with E-state index in [0.29, 0.717) is 15.7 Å². The predicted octanol–water partition coefficient (Wildman–Crippen LogP) is 4.09. The van der Waals surface area contributed by atoms with Crippen LogP contribution in [0, 0.1) is 11.2 Å². The molecule has 0 aliphatic rings. The number of anilines is 1. The molecule has 1 rings (SSSR count). The SMILES string of the molecule is CC(N(C)c1ccc(C(N)=S)c(Br)c1F)C(C)(C)C. The van der Waals surface area contributed by atoms with Gasteiger partial charge in [-0.25, -0.2) is 4.39 Å². The van der Waals surface area contributed by atoms with Crippen molar-refractivity contribution < 1.29 is 4.39 Å². The first-order valence-corrected chi connectivity index (χ1v) is 7.28. The molecule has 0 saturated carbocycles. The third-order valence-corrected chi connectivity index (χ3v) is 4.54. The molecule has 0 amide bonds. The molecular weight excluding hydrogens is 327 g/mol. The Labute approximate surface area is 128 Å². The smallest absolute Gasteiger partial charge is 0.161 e. The van der Waals surface area contributed by atoms with Crippen LogP contribution in [0.3, 0.4) is 0 Å². The molecule has 0 heterocycles. The van der Waals surface area contributed by atoms with Crippen molar-refractivity contribution in [3.63, 3.8) is 0 Å². The van der Waals surface area contributed by atoms with Crippen LogP contribution < -0.4 is 10.6 Å². The normalized spacial score (nSPS) is 13.2. The third kappa shape index (κ3) is 3.45. The van der Waals surface area contributed by atoms with Gasteiger partial charge in [0.15, 0.2) is 5.82 Å². The molecule has 1 aromatic carbocycles. The molecule has 1 aromatic rings. The standard InChI is InChI=1S/C14H20BrFN2S/c1-8(14(2,3)4)18(5)10-7-6-9(13(17)19)11(15)12(10)16/h6-8H,1-5H3,(H2,17,19). The molecule has 0 aliphatic carbocycles. The van der Waals surface area contributed by atoms with E-state index in [4.69, 9.17) is 18.0 Å². The van der Waals surface area contributed by atoms with Crippen LogP contribution in [0.1, 0.15) is 33.3 Å². The van der Waals surface area contributed by atoms with Gasteiger partial charge in [0.2, 0.25) is 0 Å². The van der Waals surface area contributed by atoms with Crippen molar-refractivity contribution in [1.29, 1.82) is 0 Å². The molecule has 1 atom stereocenters. The second-order valence-electron chi connectivity index (χ2n) is 5.78. The van der Waals surface area contributed by atoms with Gasteiger partial charge in [-0.3, -0.25) is 0 Å². The fourth-order valence-corrected chi connectivity index (χ4v) is 2.64. The van der Waals surface area contributed by atoms with Gasteiger partial charge in [0.05, 0.1) is 10.2 Å². The zero-order valence-electron chi connectivity index (χ0n) is 11.9. The Balaban J connectivity index is 3.23. The van der Waals surface area contributed by atoms with E-state index >= 15 is 0 Å². The summed E-state index contributed by atoms with van der Waals surface area (Å²) in [6, 6.07) is 3.65. The second-order valence-corrected chi connectivity index (χ2v) is 7.01. The van der Waals surface area contributed by atoms with Crippen LogP contribution >= 0.6 is 28.1 Å². The summed E-state index contributed by atoms with van der Waals surface area (Å²) in [6.45, 7) is 8.47. The Kier molecular flexibility index (Phi) is 4.96. The Morgan fingerprint density at radius 2 is 1.95 bits per heavy atom. The highest BCUT2D eigenvalue weighted by atomic mass is 79.9. The Bertz CT molecular complexity index is 497. The first-order valence-electron chi connectivity index (χ1n) is 6.08. The molecule has 1 unspecified atom stereocenters. The molecule has 2 nitrogen and oxygen atoms in total. The highest BCUT2D eigenvalue weighted by Gasteiger charge is 2.26. The Morgan fingerprint density at radius 1 is 1.42 bits per heavy atom. The van der Waals surface area contributed by atoms with E-state index in [1.54, 1.807) is 12.1 Å². The summed E-state index contributed by atoms with van der Waals surface area (Å²) in [7, 11) is 1.89. The van der Waals surface area contributed by atoms with Gasteiger partial charge < -0.3 is 10.6 Å². The summed E-state index contributed by atoms with van der Waals surface area (Å²) in [5, 5.41) is 0. The largest absolute Gasteiger partial charge is 0.389 e. The molecule has 0 aromatic heterocycles. The zero-order chi connectivity index (χ0) is 15.0. The van der Waals surface area contributed by atoms with E-state index < -0.39 is 0 Å². The number of nitrogens with zero attached hydrogens (tertiary/aromatic N) is 1. The average Bonchev–Trinajstić information content (AvgIpc) is 2.29. The van der Waals surface area contributed by atoms with Gasteiger partial charge in [0.1, 0.15) is 4.99 Å². The summed E-state index contributed by atoms with van der Waals surface area (Å²) in [4.78, 5) is 2.12. The van der Waals surface area contributed by atoms with E-state index in [1.165, 1.54) is 0 Å². The fourth-order valence-electron chi connectivity index (χ4n) is 1.79. The van der Waals surface area contributed by atoms with Crippen molar-refractivity contribution in [3.05, 3.63) is 28.0 Å². The molecule has 0 saturated heterocycles. The lowest BCUT2D eigenvalue weighted by Gasteiger charge is -2.37. The third-order valence-electron chi connectivity index (χ3n) is 3.54. The molecule has 0 fully saturated rings. The number of benzene rings is 1. The molecule has 0 spiro atoms. The minimum atomic E-state index is -0.330. The lowest BCUT2D eigenvalue weighted by Crippen LogP contribution is -2.39. The Morgan fingerprint density at radius 3 is 2.37 bits per heavy atom. The van der Waals surface area contributed by atoms with Crippen molar-refractivity contribution in [2.45, 2.75) is 33.7 Å². The summed E-state index contributed by atoms with van der Waals surface area (Å²) in [5.41, 5.74) is 6.67. The number of thiocarbonyl (C=S) groups is 1. The number of nitrogens with two attached hydrogens (primary N) is 1. The monoisotopic (exact) mass is 346 g/mol. The highest BCUT2D eigenvalue weighted by molar-refractivity contribution is 9.10. The molecular formula is C14H20BrFN2S. The van der Waals surface area contributed by atoms with Crippen molar-refractivity contribution in [2.75, 3.05) is 11.9 Å². The first-order chi connectivity index (χ1) is 8.57. The van der Waals surface area contributed by atoms with E-state index in [0.717, 1.165) is 0 Å². The fraction of sp³-hybridized carbons (Fsp3) is 0.500. The molecule has 0 bridgehead atoms. The van der Waals surface area contributed by atoms with Gasteiger partial charge >= 0.3 is 0 Å². The molecule has 0 radical (unpaired) electrons. The van der Waals surface area contributed by atoms with Crippen molar-refractivity contribution in [2.24, 2.45) is 11.1 Å². The highest BCUT2D eigenvalue weighted by Crippen LogP contribution is 2.33. The number of hydrogen-bond acceptors (Lipinski definition) is 2. The molecule has 106 valence electrons. The summed E-state index contributed by atoms with van der Waals surface area (Å²) >= 11 is 8.13. The van der Waals surface area contributed by atoms with Gasteiger partial charge in [-0.1, -0.05) is 33.0 Å². The molecule has 19 heavy (non-hydrogen) atoms. The van der Waals surface area contributed by atoms with Crippen LogP contribution in [0.5, 0.6) is 0 Å². The zero-order valence-corrected chi connectivity index (χ0v) is 14.3. The van der Waals surface area contributed by atoms with E-state index in [2.05, 4.69) is 43.6 Å². The van der Waals surface area contributed by atoms with Crippen molar-refractivity contribution >= 4 is 38.8 Å². The first kappa shape index (κ1) is 16.4. The van der Waals surface area contributed by atoms with Crippen molar-refractivity contribution in [1.82, 2.24) is 0 Å². The molecule has 2 N–H and O–H groups in total. The Hall–Kier alpha value is -0.680.